The molecule has 3 rings (SSSR count). The highest BCUT2D eigenvalue weighted by atomic mass is 32.1. The van der Waals surface area contributed by atoms with Gasteiger partial charge in [-0.1, -0.05) is 18.2 Å². The van der Waals surface area contributed by atoms with Crippen LogP contribution in [-0.2, 0) is 11.3 Å². The second kappa shape index (κ2) is 7.00. The lowest BCUT2D eigenvalue weighted by molar-refractivity contribution is -0.133. The molecule has 126 valence electrons. The number of rotatable bonds is 4. The van der Waals surface area contributed by atoms with E-state index in [9.17, 15) is 9.59 Å². The lowest BCUT2D eigenvalue weighted by Gasteiger charge is -2.20. The zero-order valence-corrected chi connectivity index (χ0v) is 14.5. The van der Waals surface area contributed by atoms with Crippen molar-refractivity contribution in [3.63, 3.8) is 0 Å². The Morgan fingerprint density at radius 2 is 2.17 bits per heavy atom. The summed E-state index contributed by atoms with van der Waals surface area (Å²) in [4.78, 5) is 31.0. The largest absolute Gasteiger partial charge is 0.483 e. The number of carbonyl (C=O) groups is 2. The summed E-state index contributed by atoms with van der Waals surface area (Å²) in [5.41, 5.74) is 1.71. The Labute approximate surface area is 144 Å². The number of hydrogen-bond acceptors (Lipinski definition) is 5. The first kappa shape index (κ1) is 16.4. The van der Waals surface area contributed by atoms with Crippen LogP contribution in [0.5, 0.6) is 5.75 Å². The molecule has 1 aromatic heterocycles. The molecule has 0 radical (unpaired) electrons. The van der Waals surface area contributed by atoms with Gasteiger partial charge in [-0.25, -0.2) is 4.98 Å². The standard InChI is InChI=1S/C17H19N3O3S/c1-11-16(24-12(2)19-11)17(22)18-7-8-20-9-13-5-3-4-6-14(13)23-10-15(20)21/h3-6H,7-10H2,1-2H3,(H,18,22). The average molecular weight is 345 g/mol. The Balaban J connectivity index is 1.59. The normalized spacial score (nSPS) is 13.9. The van der Waals surface area contributed by atoms with E-state index in [1.54, 1.807) is 4.90 Å². The number of nitrogens with zero attached hydrogens (tertiary/aromatic N) is 2. The third-order valence-electron chi connectivity index (χ3n) is 3.81. The molecular weight excluding hydrogens is 326 g/mol. The number of nitrogens with one attached hydrogen (secondary N) is 1. The molecule has 1 aliphatic heterocycles. The number of fused-ring (bicyclic) bond motifs is 1. The highest BCUT2D eigenvalue weighted by molar-refractivity contribution is 7.13. The van der Waals surface area contributed by atoms with Crippen molar-refractivity contribution in [3.05, 3.63) is 45.4 Å². The van der Waals surface area contributed by atoms with Gasteiger partial charge in [-0.2, -0.15) is 0 Å². The molecular formula is C17H19N3O3S. The summed E-state index contributed by atoms with van der Waals surface area (Å²) in [6, 6.07) is 7.62. The van der Waals surface area contributed by atoms with E-state index >= 15 is 0 Å². The molecule has 0 bridgehead atoms. The van der Waals surface area contributed by atoms with Gasteiger partial charge in [-0.15, -0.1) is 11.3 Å². The monoisotopic (exact) mass is 345 g/mol. The summed E-state index contributed by atoms with van der Waals surface area (Å²) in [5.74, 6) is 0.524. The van der Waals surface area contributed by atoms with Crippen molar-refractivity contribution in [1.29, 1.82) is 0 Å². The molecule has 2 aromatic rings. The van der Waals surface area contributed by atoms with Gasteiger partial charge in [-0.3, -0.25) is 9.59 Å². The van der Waals surface area contributed by atoms with Crippen molar-refractivity contribution >= 4 is 23.2 Å². The fourth-order valence-electron chi connectivity index (χ4n) is 2.63. The minimum absolute atomic E-state index is 0.0259. The zero-order chi connectivity index (χ0) is 17.1. The molecule has 6 nitrogen and oxygen atoms in total. The third kappa shape index (κ3) is 3.56. The maximum Gasteiger partial charge on any atom is 0.263 e. The van der Waals surface area contributed by atoms with E-state index in [4.69, 9.17) is 4.74 Å². The quantitative estimate of drug-likeness (QED) is 0.919. The Morgan fingerprint density at radius 3 is 2.92 bits per heavy atom. The van der Waals surface area contributed by atoms with E-state index in [1.165, 1.54) is 11.3 Å². The molecule has 0 unspecified atom stereocenters. The van der Waals surface area contributed by atoms with Crippen molar-refractivity contribution in [3.8, 4) is 5.75 Å². The molecule has 0 atom stereocenters. The first-order valence-corrected chi connectivity index (χ1v) is 8.57. The predicted octanol–water partition coefficient (Wildman–Crippen LogP) is 1.91. The summed E-state index contributed by atoms with van der Waals surface area (Å²) in [7, 11) is 0. The number of hydrogen-bond donors (Lipinski definition) is 1. The molecule has 2 amide bonds. The van der Waals surface area contributed by atoms with Crippen LogP contribution in [0.25, 0.3) is 0 Å². The van der Waals surface area contributed by atoms with Crippen LogP contribution in [-0.4, -0.2) is 41.4 Å². The number of amides is 2. The Bertz CT molecular complexity index is 772. The molecule has 1 aliphatic rings. The first-order valence-electron chi connectivity index (χ1n) is 7.75. The second-order valence-corrected chi connectivity index (χ2v) is 6.82. The van der Waals surface area contributed by atoms with Gasteiger partial charge in [0.05, 0.1) is 10.7 Å². The van der Waals surface area contributed by atoms with Crippen LogP contribution in [0.4, 0.5) is 0 Å². The molecule has 7 heteroatoms. The fraction of sp³-hybridized carbons (Fsp3) is 0.353. The van der Waals surface area contributed by atoms with E-state index in [0.29, 0.717) is 24.5 Å². The summed E-state index contributed by atoms with van der Waals surface area (Å²) in [6.07, 6.45) is 0. The fourth-order valence-corrected chi connectivity index (χ4v) is 3.47. The maximum atomic E-state index is 12.2. The van der Waals surface area contributed by atoms with Crippen LogP contribution in [0.3, 0.4) is 0 Å². The summed E-state index contributed by atoms with van der Waals surface area (Å²) >= 11 is 1.38. The maximum absolute atomic E-state index is 12.2. The zero-order valence-electron chi connectivity index (χ0n) is 13.7. The minimum atomic E-state index is -0.142. The Hall–Kier alpha value is -2.41. The number of benzene rings is 1. The van der Waals surface area contributed by atoms with Crippen molar-refractivity contribution < 1.29 is 14.3 Å². The smallest absolute Gasteiger partial charge is 0.263 e. The van der Waals surface area contributed by atoms with Crippen molar-refractivity contribution in [1.82, 2.24) is 15.2 Å². The molecule has 0 saturated carbocycles. The van der Waals surface area contributed by atoms with Gasteiger partial charge in [0.15, 0.2) is 6.61 Å². The van der Waals surface area contributed by atoms with Crippen molar-refractivity contribution in [2.75, 3.05) is 19.7 Å². The van der Waals surface area contributed by atoms with Crippen LogP contribution in [0.1, 0.15) is 25.9 Å². The highest BCUT2D eigenvalue weighted by Gasteiger charge is 2.21. The molecule has 24 heavy (non-hydrogen) atoms. The van der Waals surface area contributed by atoms with Crippen LogP contribution < -0.4 is 10.1 Å². The molecule has 2 heterocycles. The molecule has 0 saturated heterocycles. The average Bonchev–Trinajstić information content (AvgIpc) is 2.81. The number of para-hydroxylation sites is 1. The lowest BCUT2D eigenvalue weighted by Crippen LogP contribution is -2.39. The number of aromatic nitrogens is 1. The third-order valence-corrected chi connectivity index (χ3v) is 4.89. The first-order chi connectivity index (χ1) is 11.5. The van der Waals surface area contributed by atoms with Gasteiger partial charge in [0.1, 0.15) is 10.6 Å². The Kier molecular flexibility index (Phi) is 4.80. The van der Waals surface area contributed by atoms with E-state index in [0.717, 1.165) is 22.0 Å². The summed E-state index contributed by atoms with van der Waals surface area (Å²) < 4.78 is 5.52. The van der Waals surface area contributed by atoms with Crippen molar-refractivity contribution in [2.45, 2.75) is 20.4 Å². The molecule has 0 fully saturated rings. The molecule has 0 aliphatic carbocycles. The second-order valence-electron chi connectivity index (χ2n) is 5.62. The van der Waals surface area contributed by atoms with Crippen LogP contribution >= 0.6 is 11.3 Å². The van der Waals surface area contributed by atoms with Gasteiger partial charge >= 0.3 is 0 Å². The van der Waals surface area contributed by atoms with Gasteiger partial charge in [0, 0.05) is 25.2 Å². The number of ether oxygens (including phenoxy) is 1. The van der Waals surface area contributed by atoms with Gasteiger partial charge in [-0.05, 0) is 19.9 Å². The predicted molar refractivity (Wildman–Crippen MR) is 91.3 cm³/mol. The SMILES string of the molecule is Cc1nc(C)c(C(=O)NCCN2Cc3ccccc3OCC2=O)s1. The summed E-state index contributed by atoms with van der Waals surface area (Å²) in [6.45, 7) is 5.05. The molecule has 1 aromatic carbocycles. The lowest BCUT2D eigenvalue weighted by atomic mass is 10.2. The number of thiazole rings is 1. The van der Waals surface area contributed by atoms with Gasteiger partial charge in [0.25, 0.3) is 11.8 Å². The number of aryl methyl sites for hydroxylation is 2. The Morgan fingerprint density at radius 1 is 1.38 bits per heavy atom. The number of carbonyl (C=O) groups excluding carboxylic acids is 2. The molecule has 1 N–H and O–H groups in total. The summed E-state index contributed by atoms with van der Waals surface area (Å²) in [5, 5.41) is 3.73. The van der Waals surface area contributed by atoms with Gasteiger partial charge in [0.2, 0.25) is 0 Å². The van der Waals surface area contributed by atoms with Crippen molar-refractivity contribution in [2.24, 2.45) is 0 Å². The van der Waals surface area contributed by atoms with E-state index < -0.39 is 0 Å². The van der Waals surface area contributed by atoms with Gasteiger partial charge < -0.3 is 15.0 Å². The van der Waals surface area contributed by atoms with E-state index in [2.05, 4.69) is 10.3 Å². The van der Waals surface area contributed by atoms with Crippen LogP contribution in [0, 0.1) is 13.8 Å². The van der Waals surface area contributed by atoms with E-state index in [1.807, 2.05) is 38.1 Å². The minimum Gasteiger partial charge on any atom is -0.483 e. The van der Waals surface area contributed by atoms with E-state index in [-0.39, 0.29) is 18.4 Å². The topological polar surface area (TPSA) is 71.5 Å². The molecule has 0 spiro atoms. The van der Waals surface area contributed by atoms with Crippen LogP contribution in [0.15, 0.2) is 24.3 Å². The van der Waals surface area contributed by atoms with Crippen LogP contribution in [0.2, 0.25) is 0 Å². The highest BCUT2D eigenvalue weighted by Crippen LogP contribution is 2.22.